The van der Waals surface area contributed by atoms with E-state index >= 15 is 0 Å². The molecule has 0 saturated carbocycles. The number of hydrogen-bond acceptors (Lipinski definition) is 3. The number of carbonyl (C=O) groups excluding carboxylic acids is 2. The first-order valence-corrected chi connectivity index (χ1v) is 8.21. The molecule has 1 aliphatic rings. The molecule has 112 valence electrons. The average Bonchev–Trinajstić information content (AvgIpc) is 2.80. The van der Waals surface area contributed by atoms with Crippen molar-refractivity contribution in [3.05, 3.63) is 64.7 Å². The number of hydrogen-bond donors (Lipinski definition) is 0. The van der Waals surface area contributed by atoms with E-state index in [0.717, 1.165) is 17.7 Å². The molecule has 3 nitrogen and oxygen atoms in total. The van der Waals surface area contributed by atoms with Crippen LogP contribution in [-0.4, -0.2) is 16.1 Å². The molecule has 4 heteroatoms. The first-order valence-electron chi connectivity index (χ1n) is 7.43. The molecule has 0 N–H and O–H groups in total. The van der Waals surface area contributed by atoms with Gasteiger partial charge in [-0.3, -0.25) is 9.59 Å². The van der Waals surface area contributed by atoms with Crippen molar-refractivity contribution in [2.45, 2.75) is 31.6 Å². The van der Waals surface area contributed by atoms with E-state index in [1.807, 2.05) is 6.07 Å². The second kappa shape index (κ2) is 5.97. The normalized spacial score (nSPS) is 13.6. The molecule has 22 heavy (non-hydrogen) atoms. The molecule has 0 unspecified atom stereocenters. The summed E-state index contributed by atoms with van der Waals surface area (Å²) in [4.78, 5) is 26.0. The number of carbonyl (C=O) groups is 2. The average molecular weight is 311 g/mol. The Morgan fingerprint density at radius 2 is 1.32 bits per heavy atom. The lowest BCUT2D eigenvalue weighted by Crippen LogP contribution is -2.22. The Kier molecular flexibility index (Phi) is 4.03. The summed E-state index contributed by atoms with van der Waals surface area (Å²) in [7, 11) is 0. The SMILES string of the molecule is CCc1cccc(CC)c1SN1C(=O)c2ccccc2C1=O. The van der Waals surface area contributed by atoms with Gasteiger partial charge in [0.15, 0.2) is 0 Å². The predicted molar refractivity (Wildman–Crippen MR) is 88.0 cm³/mol. The lowest BCUT2D eigenvalue weighted by molar-refractivity contribution is 0.0777. The monoisotopic (exact) mass is 311 g/mol. The summed E-state index contributed by atoms with van der Waals surface area (Å²) in [5, 5.41) is 0. The highest BCUT2D eigenvalue weighted by molar-refractivity contribution is 7.98. The van der Waals surface area contributed by atoms with Crippen molar-refractivity contribution in [3.63, 3.8) is 0 Å². The Bertz CT molecular complexity index is 697. The molecule has 0 bridgehead atoms. The van der Waals surface area contributed by atoms with Gasteiger partial charge in [0.1, 0.15) is 0 Å². The molecule has 0 aromatic heterocycles. The largest absolute Gasteiger partial charge is 0.272 e. The van der Waals surface area contributed by atoms with Crippen LogP contribution in [0.15, 0.2) is 47.4 Å². The van der Waals surface area contributed by atoms with Crippen LogP contribution in [0.3, 0.4) is 0 Å². The molecule has 3 rings (SSSR count). The standard InChI is InChI=1S/C18H17NO2S/c1-3-12-8-7-9-13(4-2)16(12)22-19-17(20)14-10-5-6-11-15(14)18(19)21/h5-11H,3-4H2,1-2H3. The van der Waals surface area contributed by atoms with E-state index in [0.29, 0.717) is 11.1 Å². The zero-order valence-corrected chi connectivity index (χ0v) is 13.4. The first kappa shape index (κ1) is 14.9. The van der Waals surface area contributed by atoms with Crippen molar-refractivity contribution in [3.8, 4) is 0 Å². The Balaban J connectivity index is 1.99. The number of nitrogens with zero attached hydrogens (tertiary/aromatic N) is 1. The zero-order valence-electron chi connectivity index (χ0n) is 12.6. The molecule has 0 atom stereocenters. The lowest BCUT2D eigenvalue weighted by atomic mass is 10.1. The van der Waals surface area contributed by atoms with Gasteiger partial charge in [-0.25, -0.2) is 4.31 Å². The van der Waals surface area contributed by atoms with Crippen LogP contribution in [0.2, 0.25) is 0 Å². The highest BCUT2D eigenvalue weighted by Crippen LogP contribution is 2.36. The third-order valence-electron chi connectivity index (χ3n) is 3.88. The molecule has 0 radical (unpaired) electrons. The van der Waals surface area contributed by atoms with Gasteiger partial charge in [-0.2, -0.15) is 0 Å². The van der Waals surface area contributed by atoms with Gasteiger partial charge in [-0.1, -0.05) is 44.2 Å². The van der Waals surface area contributed by atoms with Gasteiger partial charge in [0.25, 0.3) is 11.8 Å². The minimum absolute atomic E-state index is 0.224. The Labute approximate surface area is 134 Å². The van der Waals surface area contributed by atoms with Gasteiger partial charge in [0.05, 0.1) is 11.1 Å². The van der Waals surface area contributed by atoms with Crippen molar-refractivity contribution in [1.29, 1.82) is 0 Å². The van der Waals surface area contributed by atoms with Crippen LogP contribution in [0.4, 0.5) is 0 Å². The van der Waals surface area contributed by atoms with Crippen LogP contribution in [-0.2, 0) is 12.8 Å². The molecular weight excluding hydrogens is 294 g/mol. The molecule has 0 fully saturated rings. The summed E-state index contributed by atoms with van der Waals surface area (Å²) in [5.41, 5.74) is 3.32. The summed E-state index contributed by atoms with van der Waals surface area (Å²) in [6.07, 6.45) is 1.75. The third kappa shape index (κ3) is 2.33. The minimum atomic E-state index is -0.224. The topological polar surface area (TPSA) is 37.4 Å². The van der Waals surface area contributed by atoms with Gasteiger partial charge in [-0.05, 0) is 48.0 Å². The van der Waals surface area contributed by atoms with Gasteiger partial charge >= 0.3 is 0 Å². The van der Waals surface area contributed by atoms with Crippen LogP contribution in [0.5, 0.6) is 0 Å². The molecule has 2 aromatic rings. The van der Waals surface area contributed by atoms with E-state index in [2.05, 4.69) is 26.0 Å². The Morgan fingerprint density at radius 1 is 0.818 bits per heavy atom. The fourth-order valence-corrected chi connectivity index (χ4v) is 3.86. The minimum Gasteiger partial charge on any atom is -0.268 e. The first-order chi connectivity index (χ1) is 10.7. The van der Waals surface area contributed by atoms with Crippen molar-refractivity contribution in [1.82, 2.24) is 4.31 Å². The van der Waals surface area contributed by atoms with E-state index in [9.17, 15) is 9.59 Å². The molecule has 1 heterocycles. The third-order valence-corrected chi connectivity index (χ3v) is 5.10. The quantitative estimate of drug-likeness (QED) is 0.630. The van der Waals surface area contributed by atoms with Gasteiger partial charge in [0.2, 0.25) is 0 Å². The maximum absolute atomic E-state index is 12.5. The lowest BCUT2D eigenvalue weighted by Gasteiger charge is -2.17. The van der Waals surface area contributed by atoms with Crippen LogP contribution < -0.4 is 0 Å². The van der Waals surface area contributed by atoms with Gasteiger partial charge < -0.3 is 0 Å². The van der Waals surface area contributed by atoms with Crippen LogP contribution in [0.25, 0.3) is 0 Å². The van der Waals surface area contributed by atoms with Crippen LogP contribution in [0, 0.1) is 0 Å². The van der Waals surface area contributed by atoms with Crippen molar-refractivity contribution in [2.24, 2.45) is 0 Å². The smallest absolute Gasteiger partial charge is 0.268 e. The highest BCUT2D eigenvalue weighted by atomic mass is 32.2. The zero-order chi connectivity index (χ0) is 15.7. The second-order valence-electron chi connectivity index (χ2n) is 5.15. The number of fused-ring (bicyclic) bond motifs is 1. The number of rotatable bonds is 4. The van der Waals surface area contributed by atoms with E-state index in [1.165, 1.54) is 27.4 Å². The predicted octanol–water partition coefficient (Wildman–Crippen LogP) is 4.11. The van der Waals surface area contributed by atoms with Gasteiger partial charge in [0, 0.05) is 4.90 Å². The molecule has 2 aromatic carbocycles. The molecular formula is C18H17NO2S. The van der Waals surface area contributed by atoms with Crippen molar-refractivity contribution >= 4 is 23.8 Å². The fraction of sp³-hybridized carbons (Fsp3) is 0.222. The Hall–Kier alpha value is -2.07. The maximum Gasteiger partial charge on any atom is 0.272 e. The highest BCUT2D eigenvalue weighted by Gasteiger charge is 2.36. The summed E-state index contributed by atoms with van der Waals surface area (Å²) >= 11 is 1.26. The summed E-state index contributed by atoms with van der Waals surface area (Å²) < 4.78 is 1.29. The summed E-state index contributed by atoms with van der Waals surface area (Å²) in [6, 6.07) is 13.1. The number of benzene rings is 2. The number of amides is 2. The number of imide groups is 1. The van der Waals surface area contributed by atoms with E-state index in [-0.39, 0.29) is 11.8 Å². The Morgan fingerprint density at radius 3 is 1.77 bits per heavy atom. The van der Waals surface area contributed by atoms with Gasteiger partial charge in [-0.15, -0.1) is 0 Å². The second-order valence-corrected chi connectivity index (χ2v) is 6.11. The van der Waals surface area contributed by atoms with Crippen LogP contribution in [0.1, 0.15) is 45.7 Å². The molecule has 0 saturated heterocycles. The van der Waals surface area contributed by atoms with E-state index in [1.54, 1.807) is 24.3 Å². The van der Waals surface area contributed by atoms with Crippen LogP contribution >= 0.6 is 11.9 Å². The maximum atomic E-state index is 12.5. The molecule has 0 aliphatic carbocycles. The molecule has 0 spiro atoms. The summed E-state index contributed by atoms with van der Waals surface area (Å²) in [5.74, 6) is -0.447. The number of aryl methyl sites for hydroxylation is 2. The molecule has 2 amide bonds. The fourth-order valence-electron chi connectivity index (χ4n) is 2.65. The van der Waals surface area contributed by atoms with Crippen molar-refractivity contribution in [2.75, 3.05) is 0 Å². The molecule has 1 aliphatic heterocycles. The van der Waals surface area contributed by atoms with E-state index in [4.69, 9.17) is 0 Å². The van der Waals surface area contributed by atoms with E-state index < -0.39 is 0 Å². The summed E-state index contributed by atoms with van der Waals surface area (Å²) in [6.45, 7) is 4.17. The van der Waals surface area contributed by atoms with Crippen molar-refractivity contribution < 1.29 is 9.59 Å².